The molecule has 85 valence electrons. The van der Waals surface area contributed by atoms with Crippen LogP contribution in [-0.4, -0.2) is 8.42 Å². The van der Waals surface area contributed by atoms with Crippen LogP contribution in [0.2, 0.25) is 0 Å². The molecule has 0 aromatic heterocycles. The van der Waals surface area contributed by atoms with Crippen molar-refractivity contribution in [2.75, 3.05) is 0 Å². The molecule has 4 rings (SSSR count). The van der Waals surface area contributed by atoms with E-state index in [4.69, 9.17) is 5.14 Å². The summed E-state index contributed by atoms with van der Waals surface area (Å²) < 4.78 is 36.5. The van der Waals surface area contributed by atoms with E-state index in [9.17, 15) is 12.8 Å². The lowest BCUT2D eigenvalue weighted by Gasteiger charge is -2.10. The molecule has 0 aliphatic rings. The molecule has 0 saturated heterocycles. The molecule has 17 heavy (non-hydrogen) atoms. The van der Waals surface area contributed by atoms with Crippen LogP contribution < -0.4 is 5.14 Å². The van der Waals surface area contributed by atoms with Gasteiger partial charge < -0.3 is 0 Å². The minimum atomic E-state index is -3.91. The quantitative estimate of drug-likeness (QED) is 0.716. The Morgan fingerprint density at radius 2 is 1.94 bits per heavy atom. The highest BCUT2D eigenvalue weighted by atomic mass is 32.2. The first-order valence-corrected chi connectivity index (χ1v) is 6.41. The van der Waals surface area contributed by atoms with Crippen LogP contribution in [0.1, 0.15) is 0 Å². The summed E-state index contributed by atoms with van der Waals surface area (Å²) in [5.74, 6) is -0.445. The van der Waals surface area contributed by atoms with Crippen molar-refractivity contribution in [2.24, 2.45) is 5.14 Å². The Hall–Kier alpha value is -1.72. The van der Waals surface area contributed by atoms with Gasteiger partial charge in [-0.1, -0.05) is 24.3 Å². The van der Waals surface area contributed by atoms with Crippen molar-refractivity contribution >= 4 is 31.6 Å². The molecule has 0 saturated carbocycles. The van der Waals surface area contributed by atoms with Crippen molar-refractivity contribution in [1.29, 1.82) is 0 Å². The Bertz CT molecular complexity index is 827. The summed E-state index contributed by atoms with van der Waals surface area (Å²) in [6, 6.07) is 10.4. The van der Waals surface area contributed by atoms with Crippen molar-refractivity contribution in [3.63, 3.8) is 0 Å². The molecule has 0 spiro atoms. The van der Waals surface area contributed by atoms with Crippen LogP contribution in [0.3, 0.4) is 0 Å². The van der Waals surface area contributed by atoms with Crippen molar-refractivity contribution in [2.45, 2.75) is 4.90 Å². The van der Waals surface area contributed by atoms with Crippen LogP contribution in [0.25, 0.3) is 21.5 Å². The largest absolute Gasteiger partial charge is 0.239 e. The second kappa shape index (κ2) is 3.15. The molecule has 4 aromatic carbocycles. The second-order valence-electron chi connectivity index (χ2n) is 3.84. The molecule has 0 aliphatic heterocycles. The van der Waals surface area contributed by atoms with Gasteiger partial charge in [0.1, 0.15) is 5.82 Å². The van der Waals surface area contributed by atoms with Crippen LogP contribution >= 0.6 is 0 Å². The number of halogens is 1. The second-order valence-corrected chi connectivity index (χ2v) is 5.33. The van der Waals surface area contributed by atoms with E-state index in [0.29, 0.717) is 16.2 Å². The molecule has 0 aliphatic carbocycles. The number of primary sulfonamides is 1. The van der Waals surface area contributed by atoms with Crippen LogP contribution in [0.5, 0.6) is 0 Å². The highest BCUT2D eigenvalue weighted by Crippen LogP contribution is 2.33. The predicted octanol–water partition coefficient (Wildman–Crippen LogP) is 2.02. The maximum atomic E-state index is 13.6. The monoisotopic (exact) mass is 248 g/mol. The third-order valence-electron chi connectivity index (χ3n) is 2.79. The summed E-state index contributed by atoms with van der Waals surface area (Å²) in [6.45, 7) is 0. The summed E-state index contributed by atoms with van der Waals surface area (Å²) in [6.07, 6.45) is 0. The molecule has 2 bridgehead atoms. The summed E-state index contributed by atoms with van der Waals surface area (Å²) in [4.78, 5) is -0.157. The van der Waals surface area contributed by atoms with Gasteiger partial charge in [0, 0.05) is 16.8 Å². The van der Waals surface area contributed by atoms with Gasteiger partial charge in [-0.15, -0.1) is 0 Å². The lowest BCUT2D eigenvalue weighted by molar-refractivity contribution is 0.598. The molecule has 0 unspecified atom stereocenters. The van der Waals surface area contributed by atoms with Gasteiger partial charge in [-0.2, -0.15) is 0 Å². The van der Waals surface area contributed by atoms with Gasteiger partial charge in [0.25, 0.3) is 0 Å². The van der Waals surface area contributed by atoms with Gasteiger partial charge in [0.2, 0.25) is 10.0 Å². The van der Waals surface area contributed by atoms with E-state index in [2.05, 4.69) is 6.07 Å². The maximum absolute atomic E-state index is 13.6. The molecule has 2 N–H and O–H groups in total. The van der Waals surface area contributed by atoms with Gasteiger partial charge in [-0.05, 0) is 16.8 Å². The topological polar surface area (TPSA) is 60.2 Å². The molecule has 0 amide bonds. The molecular weight excluding hydrogens is 241 g/mol. The number of sulfonamides is 1. The fraction of sp³-hybridized carbons (Fsp3) is 0. The van der Waals surface area contributed by atoms with Gasteiger partial charge in [-0.25, -0.2) is 17.9 Å². The highest BCUT2D eigenvalue weighted by molar-refractivity contribution is 7.89. The van der Waals surface area contributed by atoms with E-state index in [1.807, 2.05) is 0 Å². The van der Waals surface area contributed by atoms with E-state index < -0.39 is 15.8 Å². The van der Waals surface area contributed by atoms with E-state index >= 15 is 0 Å². The van der Waals surface area contributed by atoms with Crippen LogP contribution in [0.15, 0.2) is 35.2 Å². The highest BCUT2D eigenvalue weighted by Gasteiger charge is 2.18. The third-order valence-corrected chi connectivity index (χ3v) is 3.69. The minimum absolute atomic E-state index is 0.157. The van der Waals surface area contributed by atoms with Crippen molar-refractivity contribution in [3.8, 4) is 0 Å². The fourth-order valence-electron chi connectivity index (χ4n) is 2.10. The molecule has 0 heterocycles. The van der Waals surface area contributed by atoms with Gasteiger partial charge in [0.05, 0.1) is 4.90 Å². The van der Waals surface area contributed by atoms with E-state index in [1.54, 1.807) is 18.2 Å². The Morgan fingerprint density at radius 1 is 1.18 bits per heavy atom. The number of benzene rings is 4. The molecular formula is C12H7FNO2S. The summed E-state index contributed by atoms with van der Waals surface area (Å²) in [7, 11) is -3.91. The van der Waals surface area contributed by atoms with E-state index in [-0.39, 0.29) is 10.3 Å². The first-order chi connectivity index (χ1) is 7.98. The average molecular weight is 248 g/mol. The van der Waals surface area contributed by atoms with Crippen molar-refractivity contribution < 1.29 is 12.8 Å². The first kappa shape index (κ1) is 10.4. The summed E-state index contributed by atoms with van der Waals surface area (Å²) in [5, 5.41) is 6.99. The Balaban J connectivity index is 2.66. The van der Waals surface area contributed by atoms with E-state index in [1.165, 1.54) is 12.1 Å². The average Bonchev–Trinajstić information content (AvgIpc) is 2.28. The molecule has 4 aromatic rings. The van der Waals surface area contributed by atoms with E-state index in [0.717, 1.165) is 0 Å². The summed E-state index contributed by atoms with van der Waals surface area (Å²) >= 11 is 0. The molecule has 0 fully saturated rings. The van der Waals surface area contributed by atoms with Crippen molar-refractivity contribution in [3.05, 3.63) is 42.2 Å². The zero-order valence-electron chi connectivity index (χ0n) is 8.57. The number of rotatable bonds is 1. The molecule has 0 atom stereocenters. The Labute approximate surface area is 97.0 Å². The van der Waals surface area contributed by atoms with Crippen LogP contribution in [0.4, 0.5) is 4.39 Å². The summed E-state index contributed by atoms with van der Waals surface area (Å²) in [5.41, 5.74) is 0. The standard InChI is InChI=1S/C12H7FNO2S/c13-10-6-7-4-5-9(10)12-8(7)2-1-3-11(12)17(14,15)16/h1-2,4-6H,(H2,14,15,16). The fourth-order valence-corrected chi connectivity index (χ4v) is 2.83. The smallest absolute Gasteiger partial charge is 0.225 e. The van der Waals surface area contributed by atoms with Gasteiger partial charge in [0.15, 0.2) is 0 Å². The predicted molar refractivity (Wildman–Crippen MR) is 62.8 cm³/mol. The number of nitrogens with two attached hydrogens (primary N) is 1. The number of fused-ring (bicyclic) bond motifs is 2. The molecule has 3 nitrogen and oxygen atoms in total. The minimum Gasteiger partial charge on any atom is -0.225 e. The van der Waals surface area contributed by atoms with Gasteiger partial charge in [-0.3, -0.25) is 0 Å². The zero-order valence-corrected chi connectivity index (χ0v) is 9.38. The Kier molecular flexibility index (Phi) is 1.93. The van der Waals surface area contributed by atoms with Gasteiger partial charge >= 0.3 is 0 Å². The molecule has 1 radical (unpaired) electrons. The van der Waals surface area contributed by atoms with Crippen LogP contribution in [-0.2, 0) is 10.0 Å². The number of hydrogen-bond donors (Lipinski definition) is 1. The third kappa shape index (κ3) is 1.40. The van der Waals surface area contributed by atoms with Crippen molar-refractivity contribution in [1.82, 2.24) is 0 Å². The lowest BCUT2D eigenvalue weighted by atomic mass is 9.99. The SMILES string of the molecule is NS(=O)(=O)c1[c]ccc2c3ccc(c(F)c3)c12. The normalized spacial score (nSPS) is 12.6. The lowest BCUT2D eigenvalue weighted by Crippen LogP contribution is -2.13. The van der Waals surface area contributed by atoms with Crippen LogP contribution in [0, 0.1) is 11.9 Å². The zero-order chi connectivity index (χ0) is 12.2. The Morgan fingerprint density at radius 3 is 2.59 bits per heavy atom. The first-order valence-electron chi connectivity index (χ1n) is 4.86. The molecule has 5 heteroatoms. The maximum Gasteiger partial charge on any atom is 0.239 e. The number of hydrogen-bond acceptors (Lipinski definition) is 2.